The van der Waals surface area contributed by atoms with Crippen molar-refractivity contribution in [2.75, 3.05) is 0 Å². The molecule has 0 bridgehead atoms. The van der Waals surface area contributed by atoms with Crippen LogP contribution in [0.4, 0.5) is 4.79 Å². The minimum Gasteiger partial charge on any atom is -0.446 e. The molecule has 110 valence electrons. The Morgan fingerprint density at radius 2 is 1.63 bits per heavy atom. The molecule has 3 nitrogen and oxygen atoms in total. The van der Waals surface area contributed by atoms with E-state index in [1.807, 2.05) is 0 Å². The topological polar surface area (TPSA) is 38.3 Å². The van der Waals surface area contributed by atoms with Crippen molar-refractivity contribution in [3.63, 3.8) is 0 Å². The summed E-state index contributed by atoms with van der Waals surface area (Å²) in [7, 11) is 0. The Kier molecular flexibility index (Phi) is 5.53. The van der Waals surface area contributed by atoms with Gasteiger partial charge in [0, 0.05) is 6.04 Å². The van der Waals surface area contributed by atoms with Gasteiger partial charge in [0.05, 0.1) is 0 Å². The number of carbonyl (C=O) groups excluding carboxylic acids is 1. The summed E-state index contributed by atoms with van der Waals surface area (Å²) in [5.41, 5.74) is 0. The van der Waals surface area contributed by atoms with Gasteiger partial charge in [0.15, 0.2) is 0 Å². The van der Waals surface area contributed by atoms with Crippen LogP contribution in [-0.4, -0.2) is 18.2 Å². The lowest BCUT2D eigenvalue weighted by Gasteiger charge is -2.34. The SMILES string of the molecule is CC(C)[C@@H]1CCCCC1OC(=O)NC1CCCCC1. The van der Waals surface area contributed by atoms with Crippen molar-refractivity contribution in [3.05, 3.63) is 0 Å². The fraction of sp³-hybridized carbons (Fsp3) is 0.938. The van der Waals surface area contributed by atoms with Gasteiger partial charge in [0.2, 0.25) is 0 Å². The van der Waals surface area contributed by atoms with Crippen LogP contribution in [-0.2, 0) is 4.74 Å². The Morgan fingerprint density at radius 3 is 2.32 bits per heavy atom. The number of ether oxygens (including phenoxy) is 1. The van der Waals surface area contributed by atoms with Gasteiger partial charge in [-0.15, -0.1) is 0 Å². The predicted molar refractivity (Wildman–Crippen MR) is 77.1 cm³/mol. The molecule has 0 saturated heterocycles. The summed E-state index contributed by atoms with van der Waals surface area (Å²) in [6.07, 6.45) is 10.7. The maximum atomic E-state index is 12.0. The van der Waals surface area contributed by atoms with E-state index in [1.165, 1.54) is 38.5 Å². The Balaban J connectivity index is 1.79. The molecule has 0 aromatic carbocycles. The molecule has 0 aromatic heterocycles. The fourth-order valence-electron chi connectivity index (χ4n) is 3.62. The third kappa shape index (κ3) is 4.39. The molecule has 19 heavy (non-hydrogen) atoms. The number of alkyl carbamates (subject to hydrolysis) is 1. The van der Waals surface area contributed by atoms with Crippen molar-refractivity contribution in [1.29, 1.82) is 0 Å². The molecule has 2 aliphatic carbocycles. The first-order valence-electron chi connectivity index (χ1n) is 8.14. The molecule has 2 aliphatic rings. The van der Waals surface area contributed by atoms with Gasteiger partial charge >= 0.3 is 6.09 Å². The normalized spacial score (nSPS) is 29.2. The van der Waals surface area contributed by atoms with Crippen LogP contribution in [0, 0.1) is 11.8 Å². The lowest BCUT2D eigenvalue weighted by atomic mass is 9.79. The standard InChI is InChI=1S/C16H29NO2/c1-12(2)14-10-6-7-11-15(14)19-16(18)17-13-8-4-3-5-9-13/h12-15H,3-11H2,1-2H3,(H,17,18)/t14-,15?/m0/s1. The third-order valence-electron chi connectivity index (χ3n) is 4.80. The van der Waals surface area contributed by atoms with E-state index >= 15 is 0 Å². The van der Waals surface area contributed by atoms with E-state index in [-0.39, 0.29) is 12.2 Å². The Labute approximate surface area is 117 Å². The Hall–Kier alpha value is -0.730. The van der Waals surface area contributed by atoms with Gasteiger partial charge in [-0.1, -0.05) is 39.5 Å². The van der Waals surface area contributed by atoms with Crippen LogP contribution in [0.2, 0.25) is 0 Å². The Bertz CT molecular complexity index is 284. The van der Waals surface area contributed by atoms with Crippen molar-refractivity contribution in [2.24, 2.45) is 11.8 Å². The quantitative estimate of drug-likeness (QED) is 0.829. The molecule has 0 aliphatic heterocycles. The second kappa shape index (κ2) is 7.16. The minimum atomic E-state index is -0.176. The van der Waals surface area contributed by atoms with Gasteiger partial charge in [-0.25, -0.2) is 4.79 Å². The molecule has 0 heterocycles. The molecule has 1 amide bonds. The predicted octanol–water partition coefficient (Wildman–Crippen LogP) is 4.26. The number of hydrogen-bond donors (Lipinski definition) is 1. The van der Waals surface area contributed by atoms with Gasteiger partial charge in [-0.3, -0.25) is 0 Å². The van der Waals surface area contributed by atoms with E-state index in [4.69, 9.17) is 4.74 Å². The molecule has 2 rings (SSSR count). The third-order valence-corrected chi connectivity index (χ3v) is 4.80. The van der Waals surface area contributed by atoms with Crippen molar-refractivity contribution >= 4 is 6.09 Å². The fourth-order valence-corrected chi connectivity index (χ4v) is 3.62. The monoisotopic (exact) mass is 267 g/mol. The van der Waals surface area contributed by atoms with Crippen molar-refractivity contribution in [3.8, 4) is 0 Å². The highest BCUT2D eigenvalue weighted by Crippen LogP contribution is 2.32. The number of carbonyl (C=O) groups is 1. The van der Waals surface area contributed by atoms with E-state index in [2.05, 4.69) is 19.2 Å². The summed E-state index contributed by atoms with van der Waals surface area (Å²) in [5.74, 6) is 1.15. The van der Waals surface area contributed by atoms with E-state index in [0.717, 1.165) is 19.3 Å². The first-order chi connectivity index (χ1) is 9.16. The van der Waals surface area contributed by atoms with Crippen LogP contribution >= 0.6 is 0 Å². The van der Waals surface area contributed by atoms with E-state index < -0.39 is 0 Å². The second-order valence-electron chi connectivity index (χ2n) is 6.62. The van der Waals surface area contributed by atoms with Crippen LogP contribution in [0.15, 0.2) is 0 Å². The summed E-state index contributed by atoms with van der Waals surface area (Å²) in [4.78, 5) is 12.0. The van der Waals surface area contributed by atoms with Crippen molar-refractivity contribution < 1.29 is 9.53 Å². The second-order valence-corrected chi connectivity index (χ2v) is 6.62. The summed E-state index contributed by atoms with van der Waals surface area (Å²) >= 11 is 0. The van der Waals surface area contributed by atoms with Gasteiger partial charge in [-0.05, 0) is 43.9 Å². The molecule has 2 fully saturated rings. The van der Waals surface area contributed by atoms with Gasteiger partial charge in [0.1, 0.15) is 6.10 Å². The van der Waals surface area contributed by atoms with E-state index in [9.17, 15) is 4.79 Å². The van der Waals surface area contributed by atoms with E-state index in [1.54, 1.807) is 0 Å². The Morgan fingerprint density at radius 1 is 1.00 bits per heavy atom. The molecule has 3 heteroatoms. The summed E-state index contributed by atoms with van der Waals surface area (Å²) < 4.78 is 5.72. The highest BCUT2D eigenvalue weighted by atomic mass is 16.6. The van der Waals surface area contributed by atoms with Crippen molar-refractivity contribution in [1.82, 2.24) is 5.32 Å². The van der Waals surface area contributed by atoms with Crippen molar-refractivity contribution in [2.45, 2.75) is 83.8 Å². The average molecular weight is 267 g/mol. The zero-order valence-corrected chi connectivity index (χ0v) is 12.5. The van der Waals surface area contributed by atoms with Crippen LogP contribution in [0.3, 0.4) is 0 Å². The summed E-state index contributed by atoms with van der Waals surface area (Å²) in [6.45, 7) is 4.48. The van der Waals surface area contributed by atoms with E-state index in [0.29, 0.717) is 17.9 Å². The lowest BCUT2D eigenvalue weighted by Crippen LogP contribution is -2.41. The number of amides is 1. The molecule has 0 radical (unpaired) electrons. The van der Waals surface area contributed by atoms with Gasteiger partial charge in [-0.2, -0.15) is 0 Å². The maximum absolute atomic E-state index is 12.0. The average Bonchev–Trinajstić information content (AvgIpc) is 2.40. The number of nitrogens with one attached hydrogen (secondary N) is 1. The largest absolute Gasteiger partial charge is 0.446 e. The molecule has 2 saturated carbocycles. The van der Waals surface area contributed by atoms with Gasteiger partial charge in [0.25, 0.3) is 0 Å². The van der Waals surface area contributed by atoms with Crippen LogP contribution < -0.4 is 5.32 Å². The molecule has 0 aromatic rings. The molecular weight excluding hydrogens is 238 g/mol. The lowest BCUT2D eigenvalue weighted by molar-refractivity contribution is 0.0184. The molecule has 0 spiro atoms. The van der Waals surface area contributed by atoms with Crippen LogP contribution in [0.5, 0.6) is 0 Å². The molecule has 1 unspecified atom stereocenters. The number of rotatable bonds is 3. The van der Waals surface area contributed by atoms with Crippen LogP contribution in [0.1, 0.15) is 71.6 Å². The van der Waals surface area contributed by atoms with Gasteiger partial charge < -0.3 is 10.1 Å². The summed E-state index contributed by atoms with van der Waals surface area (Å²) in [6, 6.07) is 0.349. The zero-order valence-electron chi connectivity index (χ0n) is 12.5. The molecular formula is C16H29NO2. The highest BCUT2D eigenvalue weighted by Gasteiger charge is 2.31. The maximum Gasteiger partial charge on any atom is 0.407 e. The zero-order chi connectivity index (χ0) is 13.7. The number of hydrogen-bond acceptors (Lipinski definition) is 2. The smallest absolute Gasteiger partial charge is 0.407 e. The summed E-state index contributed by atoms with van der Waals surface area (Å²) in [5, 5.41) is 3.06. The highest BCUT2D eigenvalue weighted by molar-refractivity contribution is 5.67. The molecule has 2 atom stereocenters. The van der Waals surface area contributed by atoms with Crippen LogP contribution in [0.25, 0.3) is 0 Å². The first-order valence-corrected chi connectivity index (χ1v) is 8.14. The molecule has 1 N–H and O–H groups in total. The minimum absolute atomic E-state index is 0.136. The first kappa shape index (κ1) is 14.7.